The Balaban J connectivity index is 2.98. The van der Waals surface area contributed by atoms with Gasteiger partial charge in [-0.05, 0) is 0 Å². The van der Waals surface area contributed by atoms with E-state index in [0.717, 1.165) is 6.26 Å². The molecule has 0 bridgehead atoms. The zero-order chi connectivity index (χ0) is 5.70. The molecule has 0 aliphatic carbocycles. The van der Waals surface area contributed by atoms with Crippen LogP contribution in [-0.4, -0.2) is 12.9 Å². The highest BCUT2D eigenvalue weighted by atomic mass is 31.2. The molecule has 0 spiro atoms. The first-order valence-electron chi connectivity index (χ1n) is 1.44. The summed E-state index contributed by atoms with van der Waals surface area (Å²) in [7, 11) is 2.55. The molecule has 1 atom stereocenters. The summed E-state index contributed by atoms with van der Waals surface area (Å²) in [6, 6.07) is 0. The average molecular weight is 118 g/mol. The summed E-state index contributed by atoms with van der Waals surface area (Å²) in [6.07, 6.45) is 1.05. The third-order valence-electron chi connectivity index (χ3n) is 0.255. The zero-order valence-corrected chi connectivity index (χ0v) is 4.47. The average Bonchev–Trinajstić information content (AvgIpc) is 1.68. The summed E-state index contributed by atoms with van der Waals surface area (Å²) < 4.78 is 8.05. The summed E-state index contributed by atoms with van der Waals surface area (Å²) >= 11 is 0. The Labute approximate surface area is 44.4 Å². The summed E-state index contributed by atoms with van der Waals surface area (Å²) in [5.41, 5.74) is 0. The number of rotatable bonds is 3. The van der Waals surface area contributed by atoms with Crippen LogP contribution in [0, 0.1) is 0 Å². The third kappa shape index (κ3) is 3.79. The van der Waals surface area contributed by atoms with Crippen molar-refractivity contribution in [1.82, 2.24) is 0 Å². The van der Waals surface area contributed by atoms with Gasteiger partial charge in [-0.15, -0.1) is 0 Å². The lowest BCUT2D eigenvalue weighted by Crippen LogP contribution is -1.76. The van der Waals surface area contributed by atoms with E-state index in [1.165, 1.54) is 0 Å². The second-order valence-corrected chi connectivity index (χ2v) is 1.51. The molecule has 0 aliphatic heterocycles. The van der Waals surface area contributed by atoms with Crippen LogP contribution in [0.25, 0.3) is 0 Å². The molecule has 0 fully saturated rings. The van der Waals surface area contributed by atoms with Crippen LogP contribution in [0.1, 0.15) is 0 Å². The minimum Gasteiger partial charge on any atom is -0.436 e. The summed E-state index contributed by atoms with van der Waals surface area (Å²) in [6.45, 7) is 3.15. The van der Waals surface area contributed by atoms with E-state index in [2.05, 4.69) is 23.6 Å². The third-order valence-corrected chi connectivity index (χ3v) is 0.765. The van der Waals surface area contributed by atoms with E-state index in [0.29, 0.717) is 0 Å². The van der Waals surface area contributed by atoms with Crippen LogP contribution in [0.15, 0.2) is 12.8 Å². The molecule has 2 radical (unpaired) electrons. The van der Waals surface area contributed by atoms with Crippen molar-refractivity contribution in [2.75, 3.05) is 0 Å². The molecule has 0 rings (SSSR count). The molecule has 1 N–H and O–H groups in total. The first kappa shape index (κ1) is 6.95. The second kappa shape index (κ2) is 4.12. The molecule has 0 aromatic rings. The highest BCUT2D eigenvalue weighted by Gasteiger charge is 1.96. The van der Waals surface area contributed by atoms with Gasteiger partial charge in [0.15, 0.2) is 0 Å². The molecule has 0 saturated heterocycles. The van der Waals surface area contributed by atoms with Gasteiger partial charge in [0.1, 0.15) is 0 Å². The van der Waals surface area contributed by atoms with Gasteiger partial charge in [0.25, 0.3) is 8.05 Å². The van der Waals surface area contributed by atoms with Gasteiger partial charge in [-0.2, -0.15) is 0 Å². The topological polar surface area (TPSA) is 38.7 Å². The quantitative estimate of drug-likeness (QED) is 0.332. The molecule has 7 heavy (non-hydrogen) atoms. The second-order valence-electron chi connectivity index (χ2n) is 0.615. The highest BCUT2D eigenvalue weighted by Crippen LogP contribution is 2.30. The molecule has 1 unspecified atom stereocenters. The lowest BCUT2D eigenvalue weighted by molar-refractivity contribution is 0.361. The Bertz CT molecular complexity index is 58.9. The molecular weight excluding hydrogens is 114 g/mol. The van der Waals surface area contributed by atoms with Crippen LogP contribution in [0.5, 0.6) is 0 Å². The van der Waals surface area contributed by atoms with Gasteiger partial charge in [0.05, 0.1) is 6.26 Å². The fourth-order valence-corrected chi connectivity index (χ4v) is 0.266. The van der Waals surface area contributed by atoms with E-state index in [9.17, 15) is 0 Å². The molecule has 38 valence electrons. The van der Waals surface area contributed by atoms with Crippen LogP contribution in [-0.2, 0) is 8.96 Å². The van der Waals surface area contributed by atoms with Crippen LogP contribution in [0.4, 0.5) is 0 Å². The Morgan fingerprint density at radius 3 is 2.57 bits per heavy atom. The standard InChI is InChI=1S/C2H4BO3P/c1-2-5-7(4)6-3/h2,4H,1H2. The van der Waals surface area contributed by atoms with Gasteiger partial charge in [0.2, 0.25) is 0 Å². The van der Waals surface area contributed by atoms with Crippen LogP contribution < -0.4 is 0 Å². The fourth-order valence-electron chi connectivity index (χ4n) is 0.0886. The summed E-state index contributed by atoms with van der Waals surface area (Å²) in [5, 5.41) is 0. The lowest BCUT2D eigenvalue weighted by atomic mass is 10.6. The van der Waals surface area contributed by atoms with Gasteiger partial charge >= 0.3 is 8.60 Å². The van der Waals surface area contributed by atoms with Crippen LogP contribution >= 0.6 is 8.60 Å². The lowest BCUT2D eigenvalue weighted by Gasteiger charge is -2.01. The number of hydrogen-bond acceptors (Lipinski definition) is 3. The van der Waals surface area contributed by atoms with E-state index in [1.54, 1.807) is 0 Å². The van der Waals surface area contributed by atoms with E-state index in [1.807, 2.05) is 0 Å². The first-order chi connectivity index (χ1) is 3.31. The molecule has 0 aromatic heterocycles. The maximum Gasteiger partial charge on any atom is 0.376 e. The van der Waals surface area contributed by atoms with Crippen molar-refractivity contribution in [2.45, 2.75) is 0 Å². The molecule has 0 aliphatic rings. The molecule has 3 nitrogen and oxygen atoms in total. The minimum absolute atomic E-state index is 1.05. The van der Waals surface area contributed by atoms with Gasteiger partial charge in [-0.3, -0.25) is 0 Å². The van der Waals surface area contributed by atoms with Crippen molar-refractivity contribution in [1.29, 1.82) is 0 Å². The van der Waals surface area contributed by atoms with Crippen LogP contribution in [0.2, 0.25) is 0 Å². The molecule has 0 heterocycles. The van der Waals surface area contributed by atoms with Crippen molar-refractivity contribution in [3.05, 3.63) is 12.8 Å². The molecule has 0 saturated carbocycles. The van der Waals surface area contributed by atoms with E-state index in [-0.39, 0.29) is 0 Å². The summed E-state index contributed by atoms with van der Waals surface area (Å²) in [5.74, 6) is 0. The van der Waals surface area contributed by atoms with Crippen molar-refractivity contribution < 1.29 is 13.9 Å². The Hall–Kier alpha value is -0.0451. The molecular formula is C2H4BO3P. The normalized spacial score (nSPS) is 12.7. The Morgan fingerprint density at radius 1 is 1.86 bits per heavy atom. The maximum atomic E-state index is 8.28. The summed E-state index contributed by atoms with van der Waals surface area (Å²) in [4.78, 5) is 8.28. The zero-order valence-electron chi connectivity index (χ0n) is 3.57. The van der Waals surface area contributed by atoms with Crippen molar-refractivity contribution >= 4 is 16.7 Å². The first-order valence-corrected chi connectivity index (χ1v) is 2.58. The highest BCUT2D eigenvalue weighted by molar-refractivity contribution is 7.41. The van der Waals surface area contributed by atoms with Crippen molar-refractivity contribution in [3.63, 3.8) is 0 Å². The molecule has 0 aromatic carbocycles. The van der Waals surface area contributed by atoms with E-state index >= 15 is 0 Å². The van der Waals surface area contributed by atoms with Gasteiger partial charge in [0, 0.05) is 0 Å². The van der Waals surface area contributed by atoms with Gasteiger partial charge < -0.3 is 13.9 Å². The van der Waals surface area contributed by atoms with Gasteiger partial charge in [-0.25, -0.2) is 0 Å². The molecule has 0 amide bonds. The fraction of sp³-hybridized carbons (Fsp3) is 0. The van der Waals surface area contributed by atoms with Crippen molar-refractivity contribution in [3.8, 4) is 0 Å². The Kier molecular flexibility index (Phi) is 4.10. The van der Waals surface area contributed by atoms with E-state index in [4.69, 9.17) is 4.89 Å². The minimum atomic E-state index is -1.92. The smallest absolute Gasteiger partial charge is 0.376 e. The Morgan fingerprint density at radius 2 is 2.43 bits per heavy atom. The van der Waals surface area contributed by atoms with E-state index < -0.39 is 8.60 Å². The number of hydrogen-bond donors (Lipinski definition) is 1. The monoisotopic (exact) mass is 118 g/mol. The largest absolute Gasteiger partial charge is 0.436 e. The predicted octanol–water partition coefficient (Wildman–Crippen LogP) is 0.466. The van der Waals surface area contributed by atoms with Crippen molar-refractivity contribution in [2.24, 2.45) is 0 Å². The SMILES string of the molecule is [B]OP(O)OC=C. The molecule has 5 heteroatoms. The predicted molar refractivity (Wildman–Crippen MR) is 27.3 cm³/mol. The van der Waals surface area contributed by atoms with Crippen LogP contribution in [0.3, 0.4) is 0 Å². The maximum absolute atomic E-state index is 8.28. The van der Waals surface area contributed by atoms with Gasteiger partial charge in [-0.1, -0.05) is 6.58 Å².